The molecule has 1 fully saturated rings. The Balaban J connectivity index is 2.63. The summed E-state index contributed by atoms with van der Waals surface area (Å²) >= 11 is 0. The average molecular weight is 181 g/mol. The number of hydrogen-bond acceptors (Lipinski definition) is 5. The van der Waals surface area contributed by atoms with Crippen LogP contribution in [-0.2, 0) is 4.74 Å². The van der Waals surface area contributed by atoms with Gasteiger partial charge in [-0.3, -0.25) is 0 Å². The molecule has 1 rings (SSSR count). The van der Waals surface area contributed by atoms with E-state index >= 15 is 0 Å². The number of halogens is 1. The van der Waals surface area contributed by atoms with Gasteiger partial charge >= 0.3 is 0 Å². The fraction of sp³-hybridized carbons (Fsp3) is 1.00. The number of aliphatic hydroxyl groups excluding tert-OH is 4. The van der Waals surface area contributed by atoms with Crippen LogP contribution in [0.15, 0.2) is 0 Å². The number of hydrogen-bond donors (Lipinski definition) is 4. The van der Waals surface area contributed by atoms with Crippen LogP contribution in [0.3, 0.4) is 0 Å². The van der Waals surface area contributed by atoms with Gasteiger partial charge in [-0.1, -0.05) is 0 Å². The Morgan fingerprint density at radius 1 is 1.08 bits per heavy atom. The molecule has 0 radical (unpaired) electrons. The van der Waals surface area contributed by atoms with Crippen molar-refractivity contribution in [2.45, 2.75) is 30.8 Å². The van der Waals surface area contributed by atoms with Gasteiger partial charge in [0.2, 0.25) is 6.36 Å². The summed E-state index contributed by atoms with van der Waals surface area (Å²) in [6, 6.07) is 0. The van der Waals surface area contributed by atoms with E-state index in [2.05, 4.69) is 4.74 Å². The summed E-state index contributed by atoms with van der Waals surface area (Å²) < 4.78 is 16.9. The van der Waals surface area contributed by atoms with Gasteiger partial charge in [-0.2, -0.15) is 0 Å². The maximum Gasteiger partial charge on any atom is 0.228 e. The molecule has 72 valence electrons. The summed E-state index contributed by atoms with van der Waals surface area (Å²) in [7, 11) is 0. The quantitative estimate of drug-likeness (QED) is 0.367. The standard InChI is InChI=1S/C6H11FO5/c7-6-5(11)4(10)3(9)2(1-8)12-6/h2-6,8-11H,1H2/t2-,3-,4+,5-,6?/m1/s1/i7-1. The monoisotopic (exact) mass is 181 g/mol. The normalized spacial score (nSPS) is 49.2. The Morgan fingerprint density at radius 2 is 1.67 bits per heavy atom. The molecule has 0 aliphatic carbocycles. The molecule has 1 saturated heterocycles. The molecule has 0 aromatic heterocycles. The lowest BCUT2D eigenvalue weighted by Gasteiger charge is -2.36. The molecule has 12 heavy (non-hydrogen) atoms. The fourth-order valence-electron chi connectivity index (χ4n) is 1.06. The zero-order valence-electron chi connectivity index (χ0n) is 6.17. The minimum Gasteiger partial charge on any atom is -0.394 e. The molecule has 1 heterocycles. The van der Waals surface area contributed by atoms with E-state index in [1.165, 1.54) is 0 Å². The van der Waals surface area contributed by atoms with Gasteiger partial charge < -0.3 is 25.2 Å². The van der Waals surface area contributed by atoms with E-state index in [-0.39, 0.29) is 0 Å². The second-order valence-electron chi connectivity index (χ2n) is 2.68. The van der Waals surface area contributed by atoms with E-state index in [4.69, 9.17) is 20.4 Å². The third kappa shape index (κ3) is 1.57. The van der Waals surface area contributed by atoms with Gasteiger partial charge in [0.15, 0.2) is 0 Å². The van der Waals surface area contributed by atoms with Crippen LogP contribution in [0.5, 0.6) is 0 Å². The summed E-state index contributed by atoms with van der Waals surface area (Å²) in [5, 5.41) is 35.4. The van der Waals surface area contributed by atoms with Crippen LogP contribution in [0.25, 0.3) is 0 Å². The largest absolute Gasteiger partial charge is 0.394 e. The molecule has 6 heteroatoms. The zero-order valence-corrected chi connectivity index (χ0v) is 6.17. The van der Waals surface area contributed by atoms with Crippen LogP contribution in [0.1, 0.15) is 0 Å². The zero-order chi connectivity index (χ0) is 9.30. The van der Waals surface area contributed by atoms with E-state index in [1.54, 1.807) is 0 Å². The van der Waals surface area contributed by atoms with Crippen LogP contribution in [0.4, 0.5) is 4.39 Å². The minimum atomic E-state index is -2.07. The molecular weight excluding hydrogens is 170 g/mol. The second kappa shape index (κ2) is 3.63. The molecule has 5 nitrogen and oxygen atoms in total. The fourth-order valence-corrected chi connectivity index (χ4v) is 1.06. The molecule has 0 amide bonds. The second-order valence-corrected chi connectivity index (χ2v) is 2.68. The highest BCUT2D eigenvalue weighted by molar-refractivity contribution is 4.88. The van der Waals surface area contributed by atoms with Crippen molar-refractivity contribution in [3.63, 3.8) is 0 Å². The molecule has 4 N–H and O–H groups in total. The van der Waals surface area contributed by atoms with E-state index in [0.717, 1.165) is 0 Å². The maximum atomic E-state index is 12.6. The van der Waals surface area contributed by atoms with E-state index in [9.17, 15) is 4.39 Å². The Hall–Kier alpha value is -0.270. The SMILES string of the molecule is OC[C@H]1OC([18F])[C@H](O)[C@@H](O)[C@@H]1O. The third-order valence-electron chi connectivity index (χ3n) is 1.83. The van der Waals surface area contributed by atoms with Gasteiger partial charge in [0.05, 0.1) is 6.61 Å². The average Bonchev–Trinajstić information content (AvgIpc) is 2.08. The molecule has 5 atom stereocenters. The highest BCUT2D eigenvalue weighted by Gasteiger charge is 2.43. The molecule has 1 unspecified atom stereocenters. The van der Waals surface area contributed by atoms with Crippen LogP contribution >= 0.6 is 0 Å². The van der Waals surface area contributed by atoms with Gasteiger partial charge in [0.25, 0.3) is 0 Å². The minimum absolute atomic E-state index is 0.606. The first-order chi connectivity index (χ1) is 5.57. The van der Waals surface area contributed by atoms with E-state index in [1.807, 2.05) is 0 Å². The molecule has 1 aliphatic rings. The summed E-state index contributed by atoms with van der Waals surface area (Å²) in [4.78, 5) is 0. The maximum absolute atomic E-state index is 12.6. The summed E-state index contributed by atoms with van der Waals surface area (Å²) in [6.45, 7) is -0.606. The van der Waals surface area contributed by atoms with Crippen molar-refractivity contribution in [3.05, 3.63) is 0 Å². The predicted molar refractivity (Wildman–Crippen MR) is 34.9 cm³/mol. The first-order valence-electron chi connectivity index (χ1n) is 3.52. The highest BCUT2D eigenvalue weighted by atomic mass is 18.2. The Bertz CT molecular complexity index is 150. The number of ether oxygens (including phenoxy) is 1. The summed E-state index contributed by atoms with van der Waals surface area (Å²) in [6.07, 6.45) is -8.09. The molecule has 0 bridgehead atoms. The first-order valence-corrected chi connectivity index (χ1v) is 3.52. The smallest absolute Gasteiger partial charge is 0.228 e. The summed E-state index contributed by atoms with van der Waals surface area (Å²) in [5.74, 6) is 0. The van der Waals surface area contributed by atoms with Crippen molar-refractivity contribution in [1.82, 2.24) is 0 Å². The van der Waals surface area contributed by atoms with Crippen molar-refractivity contribution in [2.24, 2.45) is 0 Å². The number of aliphatic hydroxyl groups is 4. The van der Waals surface area contributed by atoms with Gasteiger partial charge in [-0.25, -0.2) is 4.39 Å². The van der Waals surface area contributed by atoms with Crippen LogP contribution < -0.4 is 0 Å². The van der Waals surface area contributed by atoms with Crippen molar-refractivity contribution in [3.8, 4) is 0 Å². The lowest BCUT2D eigenvalue weighted by Crippen LogP contribution is -2.57. The van der Waals surface area contributed by atoms with Crippen molar-refractivity contribution in [1.29, 1.82) is 0 Å². The first kappa shape index (κ1) is 9.82. The lowest BCUT2D eigenvalue weighted by molar-refractivity contribution is -0.262. The Kier molecular flexibility index (Phi) is 2.97. The van der Waals surface area contributed by atoms with Crippen LogP contribution in [-0.4, -0.2) is 57.8 Å². The molecule has 0 saturated carbocycles. The van der Waals surface area contributed by atoms with Crippen LogP contribution in [0.2, 0.25) is 0 Å². The molecule has 0 spiro atoms. The number of rotatable bonds is 1. The van der Waals surface area contributed by atoms with Crippen molar-refractivity contribution < 1.29 is 29.6 Å². The molecular formula is C6H11FO5. The molecule has 1 aliphatic heterocycles. The predicted octanol–water partition coefficient (Wildman–Crippen LogP) is -2.24. The molecule has 0 aromatic carbocycles. The summed E-state index contributed by atoms with van der Waals surface area (Å²) in [5.41, 5.74) is 0. The van der Waals surface area contributed by atoms with Gasteiger partial charge in [-0.15, -0.1) is 0 Å². The van der Waals surface area contributed by atoms with Crippen molar-refractivity contribution in [2.75, 3.05) is 6.61 Å². The lowest BCUT2D eigenvalue weighted by atomic mass is 10.00. The van der Waals surface area contributed by atoms with E-state index < -0.39 is 37.4 Å². The topological polar surface area (TPSA) is 90.2 Å². The van der Waals surface area contributed by atoms with Crippen molar-refractivity contribution >= 4 is 0 Å². The molecule has 0 aromatic rings. The Morgan fingerprint density at radius 3 is 2.17 bits per heavy atom. The van der Waals surface area contributed by atoms with Crippen LogP contribution in [0, 0.1) is 0 Å². The van der Waals surface area contributed by atoms with E-state index in [0.29, 0.717) is 0 Å². The van der Waals surface area contributed by atoms with Gasteiger partial charge in [0.1, 0.15) is 24.4 Å². The highest BCUT2D eigenvalue weighted by Crippen LogP contribution is 2.21. The Labute approximate surface area is 68.0 Å². The van der Waals surface area contributed by atoms with Gasteiger partial charge in [-0.05, 0) is 0 Å². The van der Waals surface area contributed by atoms with Gasteiger partial charge in [0, 0.05) is 0 Å². The third-order valence-corrected chi connectivity index (χ3v) is 1.83. The number of alkyl halides is 1.